The molecule has 0 unspecified atom stereocenters. The smallest absolute Gasteiger partial charge is 0.383 e. The Morgan fingerprint density at radius 2 is 2.19 bits per heavy atom. The lowest BCUT2D eigenvalue weighted by Crippen LogP contribution is -2.34. The molecule has 0 spiro atoms. The fraction of sp³-hybridized carbons (Fsp3) is 0.312. The van der Waals surface area contributed by atoms with Crippen LogP contribution in [-0.2, 0) is 10.9 Å². The van der Waals surface area contributed by atoms with Crippen LogP contribution in [0.3, 0.4) is 0 Å². The van der Waals surface area contributed by atoms with Crippen molar-refractivity contribution in [1.29, 1.82) is 0 Å². The molecular formula is C16H17ClF3N5OS. The van der Waals surface area contributed by atoms with Crippen LogP contribution in [0.2, 0.25) is 5.15 Å². The summed E-state index contributed by atoms with van der Waals surface area (Å²) in [5.74, 6) is 0. The van der Waals surface area contributed by atoms with Crippen LogP contribution < -0.4 is 10.7 Å². The zero-order valence-corrected chi connectivity index (χ0v) is 16.0. The zero-order chi connectivity index (χ0) is 20.0. The molecule has 11 heteroatoms. The minimum absolute atomic E-state index is 0.135. The molecule has 0 saturated carbocycles. The van der Waals surface area contributed by atoms with Crippen molar-refractivity contribution < 1.29 is 17.9 Å². The largest absolute Gasteiger partial charge is 0.416 e. The van der Waals surface area contributed by atoms with Gasteiger partial charge in [0.05, 0.1) is 35.3 Å². The number of thiocarbonyl (C=S) groups is 1. The van der Waals surface area contributed by atoms with Gasteiger partial charge in [-0.1, -0.05) is 17.7 Å². The molecule has 0 atom stereocenters. The molecule has 0 fully saturated rings. The highest BCUT2D eigenvalue weighted by molar-refractivity contribution is 7.80. The number of hydrogen-bond acceptors (Lipinski definition) is 4. The van der Waals surface area contributed by atoms with E-state index in [-0.39, 0.29) is 10.8 Å². The van der Waals surface area contributed by atoms with Crippen molar-refractivity contribution >= 4 is 35.1 Å². The molecule has 0 saturated heterocycles. The minimum Gasteiger partial charge on any atom is -0.383 e. The molecular weight excluding hydrogens is 403 g/mol. The van der Waals surface area contributed by atoms with Crippen molar-refractivity contribution in [3.63, 3.8) is 0 Å². The number of aryl methyl sites for hydroxylation is 1. The van der Waals surface area contributed by atoms with E-state index in [0.29, 0.717) is 29.5 Å². The van der Waals surface area contributed by atoms with Crippen molar-refractivity contribution in [2.75, 3.05) is 20.3 Å². The number of hydrogen-bond donors (Lipinski definition) is 2. The van der Waals surface area contributed by atoms with E-state index in [0.717, 1.165) is 12.1 Å². The van der Waals surface area contributed by atoms with Crippen LogP contribution >= 0.6 is 23.8 Å². The summed E-state index contributed by atoms with van der Waals surface area (Å²) < 4.78 is 44.8. The number of benzene rings is 1. The number of nitrogens with zero attached hydrogens (tertiary/aromatic N) is 3. The van der Waals surface area contributed by atoms with Gasteiger partial charge >= 0.3 is 6.18 Å². The van der Waals surface area contributed by atoms with E-state index >= 15 is 0 Å². The number of rotatable bonds is 6. The van der Waals surface area contributed by atoms with E-state index < -0.39 is 11.7 Å². The van der Waals surface area contributed by atoms with Crippen molar-refractivity contribution in [2.24, 2.45) is 5.10 Å². The first-order valence-electron chi connectivity index (χ1n) is 7.72. The van der Waals surface area contributed by atoms with Gasteiger partial charge in [0.15, 0.2) is 5.11 Å². The number of nitrogens with one attached hydrogen (secondary N) is 2. The standard InChI is InChI=1S/C16H17ClF3N5OS/c1-10-13(9-22-23-15(27)21-6-7-26-2)14(17)25(24-10)12-5-3-4-11(8-12)16(18,19)20/h3-5,8-9H,6-7H2,1-2H3,(H2,21,23,27)/b22-9+. The fourth-order valence-electron chi connectivity index (χ4n) is 2.10. The van der Waals surface area contributed by atoms with E-state index in [4.69, 9.17) is 28.6 Å². The number of alkyl halides is 3. The highest BCUT2D eigenvalue weighted by atomic mass is 35.5. The van der Waals surface area contributed by atoms with E-state index in [9.17, 15) is 13.2 Å². The Balaban J connectivity index is 2.17. The topological polar surface area (TPSA) is 63.5 Å². The average Bonchev–Trinajstić information content (AvgIpc) is 2.89. The molecule has 2 rings (SSSR count). The second-order valence-corrected chi connectivity index (χ2v) is 6.13. The quantitative estimate of drug-likeness (QED) is 0.325. The molecule has 2 N–H and O–H groups in total. The van der Waals surface area contributed by atoms with Gasteiger partial charge < -0.3 is 10.1 Å². The molecule has 27 heavy (non-hydrogen) atoms. The Hall–Kier alpha value is -2.17. The first-order valence-corrected chi connectivity index (χ1v) is 8.51. The second kappa shape index (κ2) is 9.16. The highest BCUT2D eigenvalue weighted by Crippen LogP contribution is 2.31. The molecule has 0 aliphatic rings. The third-order valence-corrected chi connectivity index (χ3v) is 4.02. The molecule has 0 aliphatic heterocycles. The SMILES string of the molecule is COCCNC(=S)N/N=C/c1c(C)nn(-c2cccc(C(F)(F)F)c2)c1Cl. The fourth-order valence-corrected chi connectivity index (χ4v) is 2.58. The van der Waals surface area contributed by atoms with E-state index in [1.165, 1.54) is 23.0 Å². The number of ether oxygens (including phenoxy) is 1. The molecule has 0 aliphatic carbocycles. The maximum Gasteiger partial charge on any atom is 0.416 e. The third-order valence-electron chi connectivity index (χ3n) is 3.42. The van der Waals surface area contributed by atoms with Crippen LogP contribution in [0.25, 0.3) is 5.69 Å². The molecule has 146 valence electrons. The lowest BCUT2D eigenvalue weighted by molar-refractivity contribution is -0.137. The van der Waals surface area contributed by atoms with Crippen molar-refractivity contribution in [1.82, 2.24) is 20.5 Å². The van der Waals surface area contributed by atoms with E-state index in [1.807, 2.05) is 0 Å². The molecule has 2 aromatic rings. The number of aromatic nitrogens is 2. The first-order chi connectivity index (χ1) is 12.7. The maximum atomic E-state index is 12.9. The lowest BCUT2D eigenvalue weighted by Gasteiger charge is -2.09. The molecule has 1 heterocycles. The lowest BCUT2D eigenvalue weighted by atomic mass is 10.2. The van der Waals surface area contributed by atoms with Gasteiger partial charge in [-0.15, -0.1) is 0 Å². The van der Waals surface area contributed by atoms with Crippen LogP contribution in [0.1, 0.15) is 16.8 Å². The van der Waals surface area contributed by atoms with Gasteiger partial charge in [-0.3, -0.25) is 5.43 Å². The molecule has 1 aromatic carbocycles. The molecule has 0 bridgehead atoms. The van der Waals surface area contributed by atoms with Crippen LogP contribution in [0.5, 0.6) is 0 Å². The molecule has 6 nitrogen and oxygen atoms in total. The number of hydrazone groups is 1. The van der Waals surface area contributed by atoms with Crippen molar-refractivity contribution in [3.05, 3.63) is 46.2 Å². The van der Waals surface area contributed by atoms with Crippen molar-refractivity contribution in [2.45, 2.75) is 13.1 Å². The summed E-state index contributed by atoms with van der Waals surface area (Å²) in [5.41, 5.74) is 2.99. The Kier molecular flexibility index (Phi) is 7.17. The summed E-state index contributed by atoms with van der Waals surface area (Å²) >= 11 is 11.3. The van der Waals surface area contributed by atoms with Gasteiger partial charge in [0.25, 0.3) is 0 Å². The average molecular weight is 420 g/mol. The molecule has 0 amide bonds. The van der Waals surface area contributed by atoms with Gasteiger partial charge in [0.2, 0.25) is 0 Å². The maximum absolute atomic E-state index is 12.9. The monoisotopic (exact) mass is 419 g/mol. The first kappa shape index (κ1) is 21.1. The van der Waals surface area contributed by atoms with Gasteiger partial charge in [-0.2, -0.15) is 23.4 Å². The number of methoxy groups -OCH3 is 1. The Morgan fingerprint density at radius 1 is 1.44 bits per heavy atom. The van der Waals surface area contributed by atoms with Crippen LogP contribution in [0.4, 0.5) is 13.2 Å². The predicted octanol–water partition coefficient (Wildman–Crippen LogP) is 3.30. The second-order valence-electron chi connectivity index (χ2n) is 5.37. The summed E-state index contributed by atoms with van der Waals surface area (Å²) in [7, 11) is 1.57. The summed E-state index contributed by atoms with van der Waals surface area (Å²) in [4.78, 5) is 0. The highest BCUT2D eigenvalue weighted by Gasteiger charge is 2.30. The molecule has 1 aromatic heterocycles. The Labute approximate surface area is 164 Å². The van der Waals surface area contributed by atoms with Crippen molar-refractivity contribution in [3.8, 4) is 5.69 Å². The van der Waals surface area contributed by atoms with E-state index in [1.54, 1.807) is 14.0 Å². The van der Waals surface area contributed by atoms with Gasteiger partial charge in [-0.25, -0.2) is 4.68 Å². The van der Waals surface area contributed by atoms with Crippen LogP contribution in [-0.4, -0.2) is 41.4 Å². The number of halogens is 4. The van der Waals surface area contributed by atoms with Gasteiger partial charge in [0, 0.05) is 13.7 Å². The summed E-state index contributed by atoms with van der Waals surface area (Å²) in [6.07, 6.45) is -3.05. The van der Waals surface area contributed by atoms with Crippen LogP contribution in [0, 0.1) is 6.92 Å². The normalized spacial score (nSPS) is 11.8. The predicted molar refractivity (Wildman–Crippen MR) is 102 cm³/mol. The van der Waals surface area contributed by atoms with Crippen LogP contribution in [0.15, 0.2) is 29.4 Å². The minimum atomic E-state index is -4.45. The van der Waals surface area contributed by atoms with E-state index in [2.05, 4.69) is 20.9 Å². The van der Waals surface area contributed by atoms with Gasteiger partial charge in [0.1, 0.15) is 5.15 Å². The Morgan fingerprint density at radius 3 is 2.85 bits per heavy atom. The Bertz CT molecular complexity index is 838. The summed E-state index contributed by atoms with van der Waals surface area (Å²) in [6.45, 7) is 2.68. The summed E-state index contributed by atoms with van der Waals surface area (Å²) in [5, 5.41) is 11.5. The molecule has 0 radical (unpaired) electrons. The summed E-state index contributed by atoms with van der Waals surface area (Å²) in [6, 6.07) is 4.75. The van der Waals surface area contributed by atoms with Gasteiger partial charge in [-0.05, 0) is 37.3 Å². The zero-order valence-electron chi connectivity index (χ0n) is 14.5. The third kappa shape index (κ3) is 5.65.